The van der Waals surface area contributed by atoms with E-state index in [1.165, 1.54) is 0 Å². The zero-order valence-corrected chi connectivity index (χ0v) is 12.5. The Morgan fingerprint density at radius 1 is 1.11 bits per heavy atom. The molecule has 0 aliphatic carbocycles. The summed E-state index contributed by atoms with van der Waals surface area (Å²) >= 11 is 0. The first-order valence-corrected chi connectivity index (χ1v) is 8.43. The lowest BCUT2D eigenvalue weighted by atomic mass is 10.0. The maximum absolute atomic E-state index is 11.9. The summed E-state index contributed by atoms with van der Waals surface area (Å²) in [6.07, 6.45) is 1.05. The maximum atomic E-state index is 11.9. The van der Waals surface area contributed by atoms with Crippen LogP contribution in [0.1, 0.15) is 31.7 Å². The van der Waals surface area contributed by atoms with Gasteiger partial charge in [-0.1, -0.05) is 44.2 Å². The third-order valence-electron chi connectivity index (χ3n) is 2.89. The Balaban J connectivity index is 2.38. The van der Waals surface area contributed by atoms with Crippen molar-refractivity contribution < 1.29 is 8.42 Å². The molecule has 108 valence electrons. The average Bonchev–Trinajstić information content (AvgIpc) is 2.39. The van der Waals surface area contributed by atoms with Gasteiger partial charge < -0.3 is 5.32 Å². The van der Waals surface area contributed by atoms with Crippen LogP contribution < -0.4 is 10.0 Å². The summed E-state index contributed by atoms with van der Waals surface area (Å²) in [6, 6.07) is 9.72. The molecule has 0 heterocycles. The van der Waals surface area contributed by atoms with Crippen LogP contribution in [0.4, 0.5) is 0 Å². The highest BCUT2D eigenvalue weighted by molar-refractivity contribution is 7.89. The zero-order valence-electron chi connectivity index (χ0n) is 11.7. The van der Waals surface area contributed by atoms with Crippen molar-refractivity contribution in [3.63, 3.8) is 0 Å². The Hall–Kier alpha value is -0.910. The van der Waals surface area contributed by atoms with Crippen LogP contribution in [0.2, 0.25) is 0 Å². The molecule has 1 aromatic carbocycles. The van der Waals surface area contributed by atoms with Crippen LogP contribution in [0, 0.1) is 0 Å². The third-order valence-corrected chi connectivity index (χ3v) is 4.47. The number of sulfonamides is 1. The van der Waals surface area contributed by atoms with Gasteiger partial charge in [0.05, 0.1) is 5.75 Å². The van der Waals surface area contributed by atoms with E-state index in [0.29, 0.717) is 13.1 Å². The second-order valence-corrected chi connectivity index (χ2v) is 6.59. The van der Waals surface area contributed by atoms with Crippen molar-refractivity contribution in [2.45, 2.75) is 26.2 Å². The Bertz CT molecular complexity index is 446. The second kappa shape index (κ2) is 8.30. The predicted molar refractivity (Wildman–Crippen MR) is 79.8 cm³/mol. The van der Waals surface area contributed by atoms with Gasteiger partial charge in [0.25, 0.3) is 0 Å². The molecule has 0 spiro atoms. The van der Waals surface area contributed by atoms with E-state index in [-0.39, 0.29) is 11.7 Å². The minimum absolute atomic E-state index is 0.00213. The fraction of sp³-hybridized carbons (Fsp3) is 0.571. The Morgan fingerprint density at radius 2 is 1.79 bits per heavy atom. The molecular weight excluding hydrogens is 260 g/mol. The molecule has 5 heteroatoms. The number of nitrogens with one attached hydrogen (secondary N) is 2. The number of hydrogen-bond acceptors (Lipinski definition) is 3. The Morgan fingerprint density at radius 3 is 2.42 bits per heavy atom. The van der Waals surface area contributed by atoms with E-state index in [2.05, 4.69) is 17.0 Å². The Kier molecular flexibility index (Phi) is 7.05. The molecule has 0 amide bonds. The molecule has 19 heavy (non-hydrogen) atoms. The first-order valence-electron chi connectivity index (χ1n) is 6.78. The molecule has 4 nitrogen and oxygen atoms in total. The molecular formula is C14H24N2O2S. The molecule has 1 aromatic rings. The van der Waals surface area contributed by atoms with E-state index in [0.717, 1.165) is 18.5 Å². The first kappa shape index (κ1) is 16.1. The predicted octanol–water partition coefficient (Wildman–Crippen LogP) is 1.71. The van der Waals surface area contributed by atoms with Crippen LogP contribution in [0.3, 0.4) is 0 Å². The van der Waals surface area contributed by atoms with Crippen LogP contribution in [-0.2, 0) is 10.0 Å². The molecule has 1 rings (SSSR count). The summed E-state index contributed by atoms with van der Waals surface area (Å²) in [6.45, 7) is 6.06. The lowest BCUT2D eigenvalue weighted by Crippen LogP contribution is -2.34. The van der Waals surface area contributed by atoms with E-state index in [4.69, 9.17) is 0 Å². The molecule has 1 unspecified atom stereocenters. The van der Waals surface area contributed by atoms with E-state index in [9.17, 15) is 8.42 Å². The maximum Gasteiger partial charge on any atom is 0.212 e. The normalized spacial score (nSPS) is 13.4. The molecule has 0 aliphatic heterocycles. The topological polar surface area (TPSA) is 58.2 Å². The Labute approximate surface area is 116 Å². The van der Waals surface area contributed by atoms with E-state index < -0.39 is 10.0 Å². The summed E-state index contributed by atoms with van der Waals surface area (Å²) < 4.78 is 26.4. The average molecular weight is 284 g/mol. The van der Waals surface area contributed by atoms with Crippen molar-refractivity contribution in [2.24, 2.45) is 0 Å². The summed E-state index contributed by atoms with van der Waals surface area (Å²) in [5.41, 5.74) is 1.05. The quantitative estimate of drug-likeness (QED) is 0.679. The zero-order chi connectivity index (χ0) is 14.1. The third kappa shape index (κ3) is 6.71. The van der Waals surface area contributed by atoms with Gasteiger partial charge in [-0.25, -0.2) is 13.1 Å². The van der Waals surface area contributed by atoms with Crippen molar-refractivity contribution in [1.82, 2.24) is 10.0 Å². The van der Waals surface area contributed by atoms with E-state index in [1.807, 2.05) is 37.3 Å². The van der Waals surface area contributed by atoms with Crippen LogP contribution in [0.5, 0.6) is 0 Å². The molecule has 0 aliphatic rings. The highest BCUT2D eigenvalue weighted by atomic mass is 32.2. The van der Waals surface area contributed by atoms with Gasteiger partial charge in [-0.2, -0.15) is 0 Å². The largest absolute Gasteiger partial charge is 0.315 e. The minimum Gasteiger partial charge on any atom is -0.315 e. The molecule has 0 bridgehead atoms. The number of rotatable bonds is 9. The van der Waals surface area contributed by atoms with Crippen LogP contribution >= 0.6 is 0 Å². The van der Waals surface area contributed by atoms with Crippen LogP contribution in [0.15, 0.2) is 30.3 Å². The second-order valence-electron chi connectivity index (χ2n) is 4.74. The molecule has 0 saturated heterocycles. The molecule has 2 N–H and O–H groups in total. The van der Waals surface area contributed by atoms with Crippen molar-refractivity contribution in [3.8, 4) is 0 Å². The van der Waals surface area contributed by atoms with Gasteiger partial charge in [0, 0.05) is 13.1 Å². The van der Waals surface area contributed by atoms with E-state index >= 15 is 0 Å². The molecule has 0 fully saturated rings. The summed E-state index contributed by atoms with van der Waals surface area (Å²) in [5, 5.41) is 3.17. The van der Waals surface area contributed by atoms with Gasteiger partial charge in [-0.3, -0.25) is 0 Å². The molecule has 0 aromatic heterocycles. The minimum atomic E-state index is -3.21. The fourth-order valence-electron chi connectivity index (χ4n) is 1.86. The monoisotopic (exact) mass is 284 g/mol. The molecule has 1 atom stereocenters. The van der Waals surface area contributed by atoms with Crippen LogP contribution in [0.25, 0.3) is 0 Å². The lowest BCUT2D eigenvalue weighted by Gasteiger charge is -2.13. The molecule has 0 radical (unpaired) electrons. The molecule has 0 saturated carbocycles. The van der Waals surface area contributed by atoms with Gasteiger partial charge in [0.2, 0.25) is 10.0 Å². The van der Waals surface area contributed by atoms with Crippen molar-refractivity contribution in [2.75, 3.05) is 25.4 Å². The number of benzene rings is 1. The van der Waals surface area contributed by atoms with Crippen LogP contribution in [-0.4, -0.2) is 33.8 Å². The first-order chi connectivity index (χ1) is 9.05. The summed E-state index contributed by atoms with van der Waals surface area (Å²) in [5.74, 6) is 0.132. The van der Waals surface area contributed by atoms with Crippen molar-refractivity contribution >= 4 is 10.0 Å². The lowest BCUT2D eigenvalue weighted by molar-refractivity contribution is 0.570. The van der Waals surface area contributed by atoms with Gasteiger partial charge in [0.1, 0.15) is 0 Å². The summed E-state index contributed by atoms with van der Waals surface area (Å²) in [7, 11) is -3.21. The smallest absolute Gasteiger partial charge is 0.212 e. The van der Waals surface area contributed by atoms with E-state index in [1.54, 1.807) is 0 Å². The standard InChI is InChI=1S/C14H24N2O2S/c1-3-9-15-10-11-16-19(17,18)12-13(2)14-7-5-4-6-8-14/h4-8,13,15-16H,3,9-12H2,1-2H3. The fourth-order valence-corrected chi connectivity index (χ4v) is 3.24. The van der Waals surface area contributed by atoms with Gasteiger partial charge in [-0.15, -0.1) is 0 Å². The van der Waals surface area contributed by atoms with Gasteiger partial charge >= 0.3 is 0 Å². The van der Waals surface area contributed by atoms with Gasteiger partial charge in [0.15, 0.2) is 0 Å². The van der Waals surface area contributed by atoms with Crippen molar-refractivity contribution in [3.05, 3.63) is 35.9 Å². The van der Waals surface area contributed by atoms with Gasteiger partial charge in [-0.05, 0) is 24.4 Å². The highest BCUT2D eigenvalue weighted by Crippen LogP contribution is 2.15. The highest BCUT2D eigenvalue weighted by Gasteiger charge is 2.16. The van der Waals surface area contributed by atoms with Crippen molar-refractivity contribution in [1.29, 1.82) is 0 Å². The number of hydrogen-bond donors (Lipinski definition) is 2. The summed E-state index contributed by atoms with van der Waals surface area (Å²) in [4.78, 5) is 0. The SMILES string of the molecule is CCCNCCNS(=O)(=O)CC(C)c1ccccc1.